The van der Waals surface area contributed by atoms with E-state index in [-0.39, 0.29) is 35.9 Å². The summed E-state index contributed by atoms with van der Waals surface area (Å²) in [6.07, 6.45) is 3.42. The fourth-order valence-corrected chi connectivity index (χ4v) is 5.53. The van der Waals surface area contributed by atoms with E-state index >= 15 is 4.39 Å². The highest BCUT2D eigenvalue weighted by Gasteiger charge is 2.36. The molecule has 2 fully saturated rings. The third-order valence-electron chi connectivity index (χ3n) is 7.82. The number of halogens is 1. The molecular weight excluding hydrogens is 443 g/mol. The SMILES string of the molecule is CC[C@@H]1CN(c2cc(=O)n(C)c3cc(CC#N)nn23)[C@@H](C)CN1C(C)c1ccc(C2CC2)cc1F. The Hall–Kier alpha value is -3.18. The van der Waals surface area contributed by atoms with Crippen LogP contribution >= 0.6 is 0 Å². The molecule has 0 spiro atoms. The number of hydrogen-bond acceptors (Lipinski definition) is 5. The number of nitriles is 1. The molecule has 0 amide bonds. The van der Waals surface area contributed by atoms with Gasteiger partial charge in [0.25, 0.3) is 5.56 Å². The van der Waals surface area contributed by atoms with Crippen LogP contribution in [0.25, 0.3) is 5.65 Å². The first-order valence-corrected chi connectivity index (χ1v) is 12.6. The van der Waals surface area contributed by atoms with Crippen LogP contribution in [0.2, 0.25) is 0 Å². The Labute approximate surface area is 205 Å². The molecule has 0 bridgehead atoms. The van der Waals surface area contributed by atoms with Gasteiger partial charge < -0.3 is 4.90 Å². The minimum Gasteiger partial charge on any atom is -0.351 e. The van der Waals surface area contributed by atoms with Gasteiger partial charge in [0.2, 0.25) is 0 Å². The van der Waals surface area contributed by atoms with E-state index in [1.807, 2.05) is 12.1 Å². The first-order valence-electron chi connectivity index (χ1n) is 12.6. The van der Waals surface area contributed by atoms with Crippen LogP contribution in [0.1, 0.15) is 68.8 Å². The summed E-state index contributed by atoms with van der Waals surface area (Å²) in [5.41, 5.74) is 3.08. The van der Waals surface area contributed by atoms with Crippen LogP contribution < -0.4 is 10.5 Å². The Balaban J connectivity index is 1.45. The van der Waals surface area contributed by atoms with Crippen molar-refractivity contribution in [1.29, 1.82) is 5.26 Å². The van der Waals surface area contributed by atoms with Crippen LogP contribution in [0.3, 0.4) is 0 Å². The summed E-state index contributed by atoms with van der Waals surface area (Å²) < 4.78 is 18.5. The van der Waals surface area contributed by atoms with Crippen LogP contribution in [0.15, 0.2) is 35.1 Å². The minimum atomic E-state index is -0.110. The highest BCUT2D eigenvalue weighted by atomic mass is 19.1. The van der Waals surface area contributed by atoms with Gasteiger partial charge in [0.1, 0.15) is 17.3 Å². The molecule has 5 rings (SSSR count). The smallest absolute Gasteiger partial charge is 0.255 e. The van der Waals surface area contributed by atoms with Gasteiger partial charge in [-0.25, -0.2) is 8.91 Å². The lowest BCUT2D eigenvalue weighted by molar-refractivity contribution is 0.103. The van der Waals surface area contributed by atoms with E-state index in [0.717, 1.165) is 42.8 Å². The van der Waals surface area contributed by atoms with E-state index in [0.29, 0.717) is 23.8 Å². The predicted molar refractivity (Wildman–Crippen MR) is 134 cm³/mol. The molecule has 7 nitrogen and oxygen atoms in total. The maximum atomic E-state index is 15.1. The van der Waals surface area contributed by atoms with Crippen molar-refractivity contribution < 1.29 is 4.39 Å². The van der Waals surface area contributed by atoms with Crippen molar-refractivity contribution in [2.24, 2.45) is 7.05 Å². The van der Waals surface area contributed by atoms with Crippen molar-refractivity contribution in [3.05, 3.63) is 63.3 Å². The molecule has 3 aromatic rings. The summed E-state index contributed by atoms with van der Waals surface area (Å²) in [5, 5.41) is 13.8. The molecule has 2 aromatic heterocycles. The van der Waals surface area contributed by atoms with Gasteiger partial charge in [-0.05, 0) is 50.7 Å². The van der Waals surface area contributed by atoms with Crippen LogP contribution in [-0.2, 0) is 13.5 Å². The van der Waals surface area contributed by atoms with Crippen molar-refractivity contribution in [1.82, 2.24) is 19.1 Å². The topological polar surface area (TPSA) is 69.6 Å². The average molecular weight is 477 g/mol. The number of benzene rings is 1. The summed E-state index contributed by atoms with van der Waals surface area (Å²) in [6, 6.07) is 11.6. The van der Waals surface area contributed by atoms with E-state index in [1.165, 1.54) is 0 Å². The number of nitrogens with zero attached hydrogens (tertiary/aromatic N) is 6. The van der Waals surface area contributed by atoms with Crippen LogP contribution in [0.5, 0.6) is 0 Å². The van der Waals surface area contributed by atoms with Gasteiger partial charge in [-0.2, -0.15) is 10.4 Å². The molecule has 3 atom stereocenters. The molecule has 35 heavy (non-hydrogen) atoms. The predicted octanol–water partition coefficient (Wildman–Crippen LogP) is 4.17. The van der Waals surface area contributed by atoms with Crippen LogP contribution in [0.4, 0.5) is 10.2 Å². The second kappa shape index (κ2) is 9.12. The highest BCUT2D eigenvalue weighted by Crippen LogP contribution is 2.41. The second-order valence-corrected chi connectivity index (χ2v) is 10.1. The fraction of sp³-hybridized carbons (Fsp3) is 0.519. The highest BCUT2D eigenvalue weighted by molar-refractivity contribution is 5.52. The molecular formula is C27H33FN6O. The van der Waals surface area contributed by atoms with E-state index in [4.69, 9.17) is 5.26 Å². The zero-order valence-corrected chi connectivity index (χ0v) is 20.9. The first kappa shape index (κ1) is 23.6. The quantitative estimate of drug-likeness (QED) is 0.534. The lowest BCUT2D eigenvalue weighted by Gasteiger charge is -2.48. The molecule has 1 aliphatic carbocycles. The molecule has 1 aromatic carbocycles. The molecule has 1 saturated heterocycles. The van der Waals surface area contributed by atoms with Crippen molar-refractivity contribution in [3.8, 4) is 6.07 Å². The third-order valence-corrected chi connectivity index (χ3v) is 7.82. The average Bonchev–Trinajstić information content (AvgIpc) is 3.61. The summed E-state index contributed by atoms with van der Waals surface area (Å²) in [5.74, 6) is 1.17. The largest absolute Gasteiger partial charge is 0.351 e. The minimum absolute atomic E-state index is 0.0478. The monoisotopic (exact) mass is 476 g/mol. The number of aryl methyl sites for hydroxylation is 1. The normalized spacial score (nSPS) is 21.9. The molecule has 8 heteroatoms. The maximum absolute atomic E-state index is 15.1. The molecule has 1 saturated carbocycles. The van der Waals surface area contributed by atoms with E-state index in [9.17, 15) is 4.79 Å². The van der Waals surface area contributed by atoms with Gasteiger partial charge >= 0.3 is 0 Å². The zero-order valence-electron chi connectivity index (χ0n) is 20.9. The fourth-order valence-electron chi connectivity index (χ4n) is 5.53. The van der Waals surface area contributed by atoms with Gasteiger partial charge in [0, 0.05) is 56.0 Å². The van der Waals surface area contributed by atoms with Crippen molar-refractivity contribution in [2.45, 2.75) is 70.5 Å². The molecule has 184 valence electrons. The Morgan fingerprint density at radius 3 is 2.66 bits per heavy atom. The van der Waals surface area contributed by atoms with Crippen molar-refractivity contribution in [3.63, 3.8) is 0 Å². The van der Waals surface area contributed by atoms with Gasteiger partial charge in [-0.3, -0.25) is 14.3 Å². The van der Waals surface area contributed by atoms with Crippen molar-refractivity contribution >= 4 is 11.5 Å². The van der Waals surface area contributed by atoms with Gasteiger partial charge in [0.15, 0.2) is 0 Å². The Bertz CT molecular complexity index is 1350. The standard InChI is InChI=1S/C27H33FN6O/c1-5-22-16-32(26-14-27(35)31(4)25-13-21(10-11-29)30-34(25)26)17(2)15-33(22)18(3)23-9-8-20(12-24(23)28)19-6-7-19/h8-9,12-14,17-19,22H,5-7,10,15-16H2,1-4H3/t17-,18?,22+/m0/s1. The van der Waals surface area contributed by atoms with Gasteiger partial charge in [-0.15, -0.1) is 0 Å². The lowest BCUT2D eigenvalue weighted by Crippen LogP contribution is -2.58. The number of rotatable bonds is 6. The lowest BCUT2D eigenvalue weighted by atomic mass is 9.97. The second-order valence-electron chi connectivity index (χ2n) is 10.1. The zero-order chi connectivity index (χ0) is 24.9. The number of piperazine rings is 1. The molecule has 3 heterocycles. The third kappa shape index (κ3) is 4.23. The van der Waals surface area contributed by atoms with E-state index in [2.05, 4.69) is 47.8 Å². The Morgan fingerprint density at radius 2 is 2.00 bits per heavy atom. The van der Waals surface area contributed by atoms with Crippen LogP contribution in [0, 0.1) is 17.1 Å². The first-order chi connectivity index (χ1) is 16.8. The molecule has 0 radical (unpaired) electrons. The number of anilines is 1. The van der Waals surface area contributed by atoms with E-state index < -0.39 is 0 Å². The molecule has 2 aliphatic rings. The Morgan fingerprint density at radius 1 is 1.23 bits per heavy atom. The van der Waals surface area contributed by atoms with Crippen LogP contribution in [-0.4, -0.2) is 44.3 Å². The number of fused-ring (bicyclic) bond motifs is 1. The summed E-state index contributed by atoms with van der Waals surface area (Å²) in [4.78, 5) is 17.4. The Kier molecular flexibility index (Phi) is 6.14. The van der Waals surface area contributed by atoms with Crippen molar-refractivity contribution in [2.75, 3.05) is 18.0 Å². The van der Waals surface area contributed by atoms with Gasteiger partial charge in [0.05, 0.1) is 18.2 Å². The molecule has 1 unspecified atom stereocenters. The van der Waals surface area contributed by atoms with E-state index in [1.54, 1.807) is 28.3 Å². The molecule has 1 aliphatic heterocycles. The van der Waals surface area contributed by atoms with Gasteiger partial charge in [-0.1, -0.05) is 19.1 Å². The maximum Gasteiger partial charge on any atom is 0.255 e. The summed E-state index contributed by atoms with van der Waals surface area (Å²) in [6.45, 7) is 7.84. The summed E-state index contributed by atoms with van der Waals surface area (Å²) in [7, 11) is 1.72. The summed E-state index contributed by atoms with van der Waals surface area (Å²) >= 11 is 0. The number of aromatic nitrogens is 3. The number of hydrogen-bond donors (Lipinski definition) is 0. The molecule has 0 N–H and O–H groups in total.